The molecule has 2 aromatic carbocycles. The molecule has 2 aromatic heterocycles. The second-order valence-corrected chi connectivity index (χ2v) is 6.05. The van der Waals surface area contributed by atoms with E-state index in [0.29, 0.717) is 27.4 Å². The van der Waals surface area contributed by atoms with E-state index in [1.54, 1.807) is 42.5 Å². The number of fused-ring (bicyclic) bond motifs is 1. The summed E-state index contributed by atoms with van der Waals surface area (Å²) in [5.74, 6) is 1.10. The Balaban J connectivity index is 1.67. The highest BCUT2D eigenvalue weighted by molar-refractivity contribution is 6.30. The van der Waals surface area contributed by atoms with Crippen LogP contribution in [0, 0.1) is 0 Å². The summed E-state index contributed by atoms with van der Waals surface area (Å²) in [6.07, 6.45) is 1.02. The van der Waals surface area contributed by atoms with E-state index in [1.807, 2.05) is 0 Å². The first kappa shape index (κ1) is 17.6. The van der Waals surface area contributed by atoms with E-state index in [2.05, 4.69) is 19.8 Å². The third-order valence-electron chi connectivity index (χ3n) is 3.68. The summed E-state index contributed by atoms with van der Waals surface area (Å²) in [5, 5.41) is 13.4. The van der Waals surface area contributed by atoms with E-state index in [0.717, 1.165) is 0 Å². The molecule has 2 N–H and O–H groups in total. The van der Waals surface area contributed by atoms with Crippen LogP contribution in [0.25, 0.3) is 16.9 Å². The van der Waals surface area contributed by atoms with Gasteiger partial charge in [0.1, 0.15) is 11.5 Å². The minimum Gasteiger partial charge on any atom is -0.457 e. The van der Waals surface area contributed by atoms with Crippen LogP contribution in [0.3, 0.4) is 0 Å². The van der Waals surface area contributed by atoms with Gasteiger partial charge in [0.15, 0.2) is 5.75 Å². The fourth-order valence-electron chi connectivity index (χ4n) is 2.52. The van der Waals surface area contributed by atoms with Crippen molar-refractivity contribution < 1.29 is 19.4 Å². The molecule has 0 aliphatic heterocycles. The molecule has 0 aliphatic rings. The fourth-order valence-corrected chi connectivity index (χ4v) is 2.70. The number of hydrogen-bond acceptors (Lipinski definition) is 6. The predicted molar refractivity (Wildman–Crippen MR) is 99.7 cm³/mol. The number of benzene rings is 2. The van der Waals surface area contributed by atoms with Gasteiger partial charge in [-0.25, -0.2) is 14.5 Å². The Morgan fingerprint density at radius 1 is 1.14 bits per heavy atom. The lowest BCUT2D eigenvalue weighted by Gasteiger charge is -2.07. The minimum atomic E-state index is -1.47. The second-order valence-electron chi connectivity index (χ2n) is 5.62. The monoisotopic (exact) mass is 398 g/mol. The zero-order chi connectivity index (χ0) is 19.7. The molecular formula is C18H11ClN4O5. The van der Waals surface area contributed by atoms with Gasteiger partial charge < -0.3 is 14.6 Å². The van der Waals surface area contributed by atoms with Crippen LogP contribution < -0.4 is 15.0 Å². The van der Waals surface area contributed by atoms with Crippen molar-refractivity contribution >= 4 is 28.7 Å². The summed E-state index contributed by atoms with van der Waals surface area (Å²) in [6.45, 7) is 0. The Bertz CT molecular complexity index is 1250. The number of rotatable bonds is 4. The lowest BCUT2D eigenvalue weighted by atomic mass is 10.2. The highest BCUT2D eigenvalue weighted by atomic mass is 35.5. The quantitative estimate of drug-likeness (QED) is 0.504. The van der Waals surface area contributed by atoms with Crippen molar-refractivity contribution in [2.24, 2.45) is 0 Å². The SMILES string of the molecule is O=C(O)Oc1cnn(-c2nc3ccc(Oc4cccc(Cl)c4)cc3c(=O)[nH]2)c1. The molecule has 0 aliphatic carbocycles. The number of carboxylic acid groups (broad SMARTS) is 1. The molecule has 2 heterocycles. The van der Waals surface area contributed by atoms with Crippen molar-refractivity contribution in [1.82, 2.24) is 19.7 Å². The van der Waals surface area contributed by atoms with Gasteiger partial charge in [-0.05, 0) is 36.4 Å². The van der Waals surface area contributed by atoms with E-state index in [9.17, 15) is 9.59 Å². The summed E-state index contributed by atoms with van der Waals surface area (Å²) < 4.78 is 11.4. The molecule has 0 atom stereocenters. The largest absolute Gasteiger partial charge is 0.511 e. The van der Waals surface area contributed by atoms with Crippen LogP contribution in [-0.4, -0.2) is 31.0 Å². The molecule has 0 saturated carbocycles. The van der Waals surface area contributed by atoms with E-state index in [4.69, 9.17) is 21.4 Å². The normalized spacial score (nSPS) is 10.8. The zero-order valence-corrected chi connectivity index (χ0v) is 14.8. The zero-order valence-electron chi connectivity index (χ0n) is 14.0. The van der Waals surface area contributed by atoms with Crippen LogP contribution in [0.15, 0.2) is 59.7 Å². The lowest BCUT2D eigenvalue weighted by molar-refractivity contribution is 0.144. The first-order chi connectivity index (χ1) is 13.5. The van der Waals surface area contributed by atoms with E-state index in [-0.39, 0.29) is 11.7 Å². The number of aromatic nitrogens is 4. The molecule has 4 aromatic rings. The van der Waals surface area contributed by atoms with Gasteiger partial charge in [-0.1, -0.05) is 17.7 Å². The second kappa shape index (κ2) is 7.05. The van der Waals surface area contributed by atoms with E-state index < -0.39 is 11.7 Å². The van der Waals surface area contributed by atoms with Crippen LogP contribution in [0.4, 0.5) is 4.79 Å². The van der Waals surface area contributed by atoms with Crippen LogP contribution >= 0.6 is 11.6 Å². The van der Waals surface area contributed by atoms with Crippen molar-refractivity contribution in [2.75, 3.05) is 0 Å². The molecule has 0 spiro atoms. The summed E-state index contributed by atoms with van der Waals surface area (Å²) >= 11 is 5.94. The predicted octanol–water partition coefficient (Wildman–Crippen LogP) is 3.61. The van der Waals surface area contributed by atoms with Gasteiger partial charge in [-0.2, -0.15) is 5.10 Å². The number of ether oxygens (including phenoxy) is 2. The third-order valence-corrected chi connectivity index (χ3v) is 3.91. The lowest BCUT2D eigenvalue weighted by Crippen LogP contribution is -2.13. The topological polar surface area (TPSA) is 119 Å². The maximum absolute atomic E-state index is 12.5. The fraction of sp³-hybridized carbons (Fsp3) is 0. The molecule has 0 amide bonds. The van der Waals surface area contributed by atoms with Crippen LogP contribution in [0.2, 0.25) is 5.02 Å². The summed E-state index contributed by atoms with van der Waals surface area (Å²) in [5.41, 5.74) is 0.00106. The molecular weight excluding hydrogens is 388 g/mol. The number of aromatic amines is 1. The number of halogens is 1. The number of nitrogens with one attached hydrogen (secondary N) is 1. The molecule has 0 bridgehead atoms. The number of nitrogens with zero attached hydrogens (tertiary/aromatic N) is 3. The maximum Gasteiger partial charge on any atom is 0.511 e. The highest BCUT2D eigenvalue weighted by Crippen LogP contribution is 2.26. The van der Waals surface area contributed by atoms with Gasteiger partial charge in [0.2, 0.25) is 5.95 Å². The van der Waals surface area contributed by atoms with E-state index >= 15 is 0 Å². The smallest absolute Gasteiger partial charge is 0.457 e. The standard InChI is InChI=1S/C18H11ClN4O5/c19-10-2-1-3-11(6-10)27-12-4-5-15-14(7-12)16(24)22-17(21-15)23-9-13(8-20-23)28-18(25)26/h1-9H,(H,25,26)(H,21,22,24). The molecule has 0 fully saturated rings. The van der Waals surface area contributed by atoms with Gasteiger partial charge in [0.25, 0.3) is 5.56 Å². The molecule has 28 heavy (non-hydrogen) atoms. The molecule has 140 valence electrons. The molecule has 10 heteroatoms. The molecule has 0 saturated heterocycles. The Morgan fingerprint density at radius 3 is 2.75 bits per heavy atom. The van der Waals surface area contributed by atoms with Crippen molar-refractivity contribution in [2.45, 2.75) is 0 Å². The average molecular weight is 399 g/mol. The number of H-pyrrole nitrogens is 1. The van der Waals surface area contributed by atoms with Gasteiger partial charge in [-0.3, -0.25) is 9.78 Å². The Hall–Kier alpha value is -3.85. The molecule has 0 radical (unpaired) electrons. The van der Waals surface area contributed by atoms with Crippen molar-refractivity contribution in [3.63, 3.8) is 0 Å². The number of hydrogen-bond donors (Lipinski definition) is 2. The Kier molecular flexibility index (Phi) is 4.42. The maximum atomic E-state index is 12.5. The van der Waals surface area contributed by atoms with Crippen molar-refractivity contribution in [3.05, 3.63) is 70.2 Å². The van der Waals surface area contributed by atoms with Crippen LogP contribution in [0.1, 0.15) is 0 Å². The first-order valence-electron chi connectivity index (χ1n) is 7.91. The van der Waals surface area contributed by atoms with Crippen molar-refractivity contribution in [1.29, 1.82) is 0 Å². The molecule has 9 nitrogen and oxygen atoms in total. The minimum absolute atomic E-state index is 0.000478. The number of carbonyl (C=O) groups is 1. The van der Waals surface area contributed by atoms with Crippen LogP contribution in [-0.2, 0) is 0 Å². The summed E-state index contributed by atoms with van der Waals surface area (Å²) in [7, 11) is 0. The Labute approximate surface area is 161 Å². The van der Waals surface area contributed by atoms with E-state index in [1.165, 1.54) is 17.1 Å². The first-order valence-corrected chi connectivity index (χ1v) is 8.29. The molecule has 0 unspecified atom stereocenters. The highest BCUT2D eigenvalue weighted by Gasteiger charge is 2.11. The van der Waals surface area contributed by atoms with Crippen molar-refractivity contribution in [3.8, 4) is 23.2 Å². The average Bonchev–Trinajstić information content (AvgIpc) is 3.10. The summed E-state index contributed by atoms with van der Waals surface area (Å²) in [6, 6.07) is 11.8. The van der Waals surface area contributed by atoms with Crippen LogP contribution in [0.5, 0.6) is 17.2 Å². The summed E-state index contributed by atoms with van der Waals surface area (Å²) in [4.78, 5) is 30.0. The van der Waals surface area contributed by atoms with Gasteiger partial charge in [0, 0.05) is 5.02 Å². The third kappa shape index (κ3) is 3.64. The Morgan fingerprint density at radius 2 is 1.96 bits per heavy atom. The van der Waals surface area contributed by atoms with Gasteiger partial charge in [0.05, 0.1) is 23.3 Å². The van der Waals surface area contributed by atoms with Gasteiger partial charge in [-0.15, -0.1) is 0 Å². The van der Waals surface area contributed by atoms with Gasteiger partial charge >= 0.3 is 6.16 Å². The molecule has 4 rings (SSSR count).